The number of carboxylic acid groups (broad SMARTS) is 1. The van der Waals surface area contributed by atoms with E-state index in [4.69, 9.17) is 9.84 Å². The van der Waals surface area contributed by atoms with Crippen molar-refractivity contribution in [2.75, 3.05) is 13.1 Å². The number of carbonyl (C=O) groups is 3. The molecular formula is C25H40N2O5. The topological polar surface area (TPSA) is 95.9 Å². The molecule has 0 aromatic heterocycles. The van der Waals surface area contributed by atoms with Crippen LogP contribution in [0.4, 0.5) is 4.79 Å². The van der Waals surface area contributed by atoms with Crippen LogP contribution in [0.1, 0.15) is 83.3 Å². The van der Waals surface area contributed by atoms with Gasteiger partial charge in [0.15, 0.2) is 0 Å². The molecular weight excluding hydrogens is 408 g/mol. The number of hydrogen-bond acceptors (Lipinski definition) is 4. The van der Waals surface area contributed by atoms with E-state index in [1.807, 2.05) is 52.0 Å². The summed E-state index contributed by atoms with van der Waals surface area (Å²) in [6.45, 7) is 9.23. The number of nitrogens with zero attached hydrogens (tertiary/aromatic N) is 1. The molecule has 0 aliphatic rings. The molecule has 1 rings (SSSR count). The van der Waals surface area contributed by atoms with E-state index in [1.54, 1.807) is 4.90 Å². The van der Waals surface area contributed by atoms with E-state index >= 15 is 0 Å². The minimum atomic E-state index is -0.771. The smallest absolute Gasteiger partial charge is 0.410 e. The molecule has 7 heteroatoms. The Morgan fingerprint density at radius 2 is 1.56 bits per heavy atom. The number of carboxylic acids is 1. The van der Waals surface area contributed by atoms with Crippen molar-refractivity contribution in [3.63, 3.8) is 0 Å². The van der Waals surface area contributed by atoms with Gasteiger partial charge in [-0.05, 0) is 58.9 Å². The highest BCUT2D eigenvalue weighted by Crippen LogP contribution is 2.14. The van der Waals surface area contributed by atoms with Crippen molar-refractivity contribution >= 4 is 18.0 Å². The molecule has 2 amide bonds. The van der Waals surface area contributed by atoms with Crippen LogP contribution in [0, 0.1) is 6.92 Å². The molecule has 0 spiro atoms. The third-order valence-corrected chi connectivity index (χ3v) is 4.87. The summed E-state index contributed by atoms with van der Waals surface area (Å²) >= 11 is 0. The third-order valence-electron chi connectivity index (χ3n) is 4.87. The number of nitrogens with one attached hydrogen (secondary N) is 1. The van der Waals surface area contributed by atoms with Crippen LogP contribution in [-0.4, -0.2) is 46.7 Å². The fourth-order valence-electron chi connectivity index (χ4n) is 3.13. The molecule has 0 aliphatic heterocycles. The van der Waals surface area contributed by atoms with Crippen molar-refractivity contribution in [3.8, 4) is 0 Å². The number of rotatable bonds is 14. The van der Waals surface area contributed by atoms with Crippen molar-refractivity contribution in [1.82, 2.24) is 10.2 Å². The van der Waals surface area contributed by atoms with Gasteiger partial charge in [0, 0.05) is 32.5 Å². The lowest BCUT2D eigenvalue weighted by Crippen LogP contribution is -2.37. The largest absolute Gasteiger partial charge is 0.481 e. The molecule has 32 heavy (non-hydrogen) atoms. The Labute approximate surface area is 192 Å². The normalized spacial score (nSPS) is 11.1. The molecule has 0 unspecified atom stereocenters. The Balaban J connectivity index is 2.33. The maximum absolute atomic E-state index is 12.6. The molecule has 0 fully saturated rings. The number of hydrogen-bond donors (Lipinski definition) is 2. The molecule has 0 heterocycles. The molecule has 1 aromatic rings. The number of carbonyl (C=O) groups excluding carboxylic acids is 2. The molecule has 1 aromatic carbocycles. The van der Waals surface area contributed by atoms with Gasteiger partial charge in [-0.25, -0.2) is 4.79 Å². The standard InChI is InChI=1S/C25H40N2O5/c1-20-13-15-21(16-14-20)19-27(24(31)32-25(2,3)4)18-10-9-17-26-22(28)11-7-5-6-8-12-23(29)30/h13-16H,5-12,17-19H2,1-4H3,(H,26,28)(H,29,30). The van der Waals surface area contributed by atoms with Crippen molar-refractivity contribution in [3.05, 3.63) is 35.4 Å². The molecule has 0 saturated heterocycles. The second-order valence-electron chi connectivity index (χ2n) is 9.25. The number of ether oxygens (including phenoxy) is 1. The second kappa shape index (κ2) is 14.5. The predicted octanol–water partition coefficient (Wildman–Crippen LogP) is 5.05. The van der Waals surface area contributed by atoms with Gasteiger partial charge in [-0.15, -0.1) is 0 Å². The lowest BCUT2D eigenvalue weighted by atomic mass is 10.1. The Bertz CT molecular complexity index is 710. The Morgan fingerprint density at radius 3 is 2.16 bits per heavy atom. The van der Waals surface area contributed by atoms with Crippen LogP contribution in [0.3, 0.4) is 0 Å². The first-order valence-electron chi connectivity index (χ1n) is 11.6. The van der Waals surface area contributed by atoms with Gasteiger partial charge < -0.3 is 20.1 Å². The van der Waals surface area contributed by atoms with E-state index < -0.39 is 11.6 Å². The van der Waals surface area contributed by atoms with Gasteiger partial charge in [-0.3, -0.25) is 9.59 Å². The zero-order valence-corrected chi connectivity index (χ0v) is 20.1. The summed E-state index contributed by atoms with van der Waals surface area (Å²) in [6, 6.07) is 8.11. The van der Waals surface area contributed by atoms with Crippen molar-refractivity contribution < 1.29 is 24.2 Å². The number of amides is 2. The number of unbranched alkanes of at least 4 members (excludes halogenated alkanes) is 4. The summed E-state index contributed by atoms with van der Waals surface area (Å²) in [4.78, 5) is 36.7. The highest BCUT2D eigenvalue weighted by molar-refractivity contribution is 5.75. The quantitative estimate of drug-likeness (QED) is 0.388. The monoisotopic (exact) mass is 448 g/mol. The zero-order chi connectivity index (χ0) is 24.0. The van der Waals surface area contributed by atoms with E-state index in [0.717, 1.165) is 37.7 Å². The fourth-order valence-corrected chi connectivity index (χ4v) is 3.13. The maximum atomic E-state index is 12.6. The van der Waals surface area contributed by atoms with Gasteiger partial charge in [0.25, 0.3) is 0 Å². The van der Waals surface area contributed by atoms with Crippen LogP contribution < -0.4 is 5.32 Å². The summed E-state index contributed by atoms with van der Waals surface area (Å²) in [5.41, 5.74) is 1.68. The molecule has 0 radical (unpaired) electrons. The van der Waals surface area contributed by atoms with Crippen molar-refractivity contribution in [2.24, 2.45) is 0 Å². The van der Waals surface area contributed by atoms with E-state index in [0.29, 0.717) is 32.5 Å². The minimum absolute atomic E-state index is 0.0203. The van der Waals surface area contributed by atoms with Crippen molar-refractivity contribution in [1.29, 1.82) is 0 Å². The number of aliphatic carboxylic acids is 1. The lowest BCUT2D eigenvalue weighted by molar-refractivity contribution is -0.137. The SMILES string of the molecule is Cc1ccc(CN(CCCCNC(=O)CCCCCCC(=O)O)C(=O)OC(C)(C)C)cc1. The van der Waals surface area contributed by atoms with E-state index in [1.165, 1.54) is 5.56 Å². The fraction of sp³-hybridized carbons (Fsp3) is 0.640. The summed E-state index contributed by atoms with van der Waals surface area (Å²) in [5, 5.41) is 11.5. The Hall–Kier alpha value is -2.57. The highest BCUT2D eigenvalue weighted by atomic mass is 16.6. The molecule has 0 saturated carbocycles. The first-order chi connectivity index (χ1) is 15.1. The first-order valence-corrected chi connectivity index (χ1v) is 11.6. The minimum Gasteiger partial charge on any atom is -0.481 e. The van der Waals surface area contributed by atoms with Gasteiger partial charge in [0.1, 0.15) is 5.60 Å². The molecule has 0 aliphatic carbocycles. The molecule has 180 valence electrons. The van der Waals surface area contributed by atoms with Gasteiger partial charge in [-0.2, -0.15) is 0 Å². The Kier molecular flexibility index (Phi) is 12.4. The highest BCUT2D eigenvalue weighted by Gasteiger charge is 2.22. The van der Waals surface area contributed by atoms with Gasteiger partial charge in [0.05, 0.1) is 0 Å². The average molecular weight is 449 g/mol. The van der Waals surface area contributed by atoms with Crippen LogP contribution in [0.25, 0.3) is 0 Å². The molecule has 7 nitrogen and oxygen atoms in total. The van der Waals surface area contributed by atoms with Gasteiger partial charge >= 0.3 is 12.1 Å². The average Bonchev–Trinajstić information content (AvgIpc) is 2.69. The molecule has 2 N–H and O–H groups in total. The third kappa shape index (κ3) is 13.7. The summed E-state index contributed by atoms with van der Waals surface area (Å²) in [5.74, 6) is -0.751. The molecule has 0 atom stereocenters. The number of aryl methyl sites for hydroxylation is 1. The van der Waals surface area contributed by atoms with E-state index in [9.17, 15) is 14.4 Å². The maximum Gasteiger partial charge on any atom is 0.410 e. The Morgan fingerprint density at radius 1 is 0.938 bits per heavy atom. The van der Waals surface area contributed by atoms with Crippen LogP contribution in [0.2, 0.25) is 0 Å². The summed E-state index contributed by atoms with van der Waals surface area (Å²) in [7, 11) is 0. The van der Waals surface area contributed by atoms with Crippen LogP contribution in [0.5, 0.6) is 0 Å². The zero-order valence-electron chi connectivity index (χ0n) is 20.1. The van der Waals surface area contributed by atoms with Crippen LogP contribution >= 0.6 is 0 Å². The lowest BCUT2D eigenvalue weighted by Gasteiger charge is -2.27. The predicted molar refractivity (Wildman–Crippen MR) is 125 cm³/mol. The summed E-state index contributed by atoms with van der Waals surface area (Å²) in [6.07, 6.45) is 5.00. The van der Waals surface area contributed by atoms with Gasteiger partial charge in [0.2, 0.25) is 5.91 Å². The second-order valence-corrected chi connectivity index (χ2v) is 9.25. The van der Waals surface area contributed by atoms with E-state index in [2.05, 4.69) is 5.32 Å². The van der Waals surface area contributed by atoms with Crippen molar-refractivity contribution in [2.45, 2.75) is 91.2 Å². The molecule has 0 bridgehead atoms. The van der Waals surface area contributed by atoms with Crippen LogP contribution in [-0.2, 0) is 20.9 Å². The number of benzene rings is 1. The summed E-state index contributed by atoms with van der Waals surface area (Å²) < 4.78 is 5.56. The van der Waals surface area contributed by atoms with E-state index in [-0.39, 0.29) is 18.4 Å². The van der Waals surface area contributed by atoms with Crippen LogP contribution in [0.15, 0.2) is 24.3 Å². The van der Waals surface area contributed by atoms with Gasteiger partial charge in [-0.1, -0.05) is 42.7 Å². The first kappa shape index (κ1) is 27.5.